The van der Waals surface area contributed by atoms with Crippen molar-refractivity contribution < 1.29 is 14.3 Å². The Hall–Kier alpha value is -2.59. The van der Waals surface area contributed by atoms with Gasteiger partial charge in [-0.15, -0.1) is 0 Å². The van der Waals surface area contributed by atoms with E-state index >= 15 is 0 Å². The molecule has 1 aromatic heterocycles. The number of carbonyl (C=O) groups is 2. The predicted octanol–water partition coefficient (Wildman–Crippen LogP) is 3.84. The summed E-state index contributed by atoms with van der Waals surface area (Å²) in [5.41, 5.74) is 2.16. The van der Waals surface area contributed by atoms with Crippen LogP contribution >= 0.6 is 11.6 Å². The van der Waals surface area contributed by atoms with E-state index in [4.69, 9.17) is 11.6 Å². The minimum atomic E-state index is -0.443. The molecule has 110 valence electrons. The topological polar surface area (TPSA) is 59.2 Å². The van der Waals surface area contributed by atoms with Gasteiger partial charge in [-0.1, -0.05) is 23.7 Å². The molecule has 0 unspecified atom stereocenters. The number of H-pyrrole nitrogens is 1. The molecule has 4 nitrogen and oxygen atoms in total. The third-order valence-electron chi connectivity index (χ3n) is 3.40. The van der Waals surface area contributed by atoms with Gasteiger partial charge in [0.2, 0.25) is 0 Å². The first kappa shape index (κ1) is 14.4. The number of ether oxygens (including phenoxy) is 1. The summed E-state index contributed by atoms with van der Waals surface area (Å²) < 4.78 is 4.67. The summed E-state index contributed by atoms with van der Waals surface area (Å²) in [4.78, 5) is 26.9. The lowest BCUT2D eigenvalue weighted by molar-refractivity contribution is 0.0595. The zero-order valence-corrected chi connectivity index (χ0v) is 12.5. The van der Waals surface area contributed by atoms with Gasteiger partial charge >= 0.3 is 5.97 Å². The second kappa shape index (κ2) is 5.66. The van der Waals surface area contributed by atoms with Crippen LogP contribution in [0.4, 0.5) is 0 Å². The van der Waals surface area contributed by atoms with Crippen molar-refractivity contribution >= 4 is 34.3 Å². The van der Waals surface area contributed by atoms with Gasteiger partial charge in [-0.2, -0.15) is 0 Å². The van der Waals surface area contributed by atoms with E-state index < -0.39 is 5.97 Å². The molecule has 0 radical (unpaired) electrons. The molecule has 0 saturated heterocycles. The fourth-order valence-corrected chi connectivity index (χ4v) is 2.38. The third-order valence-corrected chi connectivity index (χ3v) is 3.65. The quantitative estimate of drug-likeness (QED) is 0.590. The highest BCUT2D eigenvalue weighted by Crippen LogP contribution is 2.20. The van der Waals surface area contributed by atoms with Crippen LogP contribution in [0.2, 0.25) is 5.02 Å². The number of halogens is 1. The zero-order valence-electron chi connectivity index (χ0n) is 11.7. The minimum absolute atomic E-state index is 0.104. The number of hydrogen-bond donors (Lipinski definition) is 1. The Morgan fingerprint density at radius 1 is 1.00 bits per heavy atom. The molecule has 0 aliphatic rings. The van der Waals surface area contributed by atoms with Crippen molar-refractivity contribution in [2.45, 2.75) is 0 Å². The van der Waals surface area contributed by atoms with Crippen molar-refractivity contribution in [3.63, 3.8) is 0 Å². The third kappa shape index (κ3) is 2.61. The van der Waals surface area contributed by atoms with Crippen LogP contribution in [0.25, 0.3) is 10.9 Å². The molecule has 1 heterocycles. The largest absolute Gasteiger partial charge is 0.464 e. The van der Waals surface area contributed by atoms with E-state index in [0.717, 1.165) is 5.39 Å². The second-order valence-corrected chi connectivity index (χ2v) is 5.25. The number of benzene rings is 2. The maximum atomic E-state index is 12.4. The molecule has 0 bridgehead atoms. The summed E-state index contributed by atoms with van der Waals surface area (Å²) in [6.07, 6.45) is 0. The summed E-state index contributed by atoms with van der Waals surface area (Å²) in [7, 11) is 1.32. The van der Waals surface area contributed by atoms with Crippen LogP contribution in [0.1, 0.15) is 26.4 Å². The number of rotatable bonds is 3. The standard InChI is InChI=1S/C17H12ClNO3/c1-22-17(21)15-8-11-2-3-12(9-14(11)19-15)16(20)10-4-6-13(18)7-5-10/h2-9,19H,1H3. The van der Waals surface area contributed by atoms with Crippen molar-refractivity contribution in [2.75, 3.05) is 7.11 Å². The number of ketones is 1. The number of esters is 1. The molecule has 0 spiro atoms. The number of fused-ring (bicyclic) bond motifs is 1. The lowest BCUT2D eigenvalue weighted by atomic mass is 10.0. The van der Waals surface area contributed by atoms with Crippen LogP contribution < -0.4 is 0 Å². The fraction of sp³-hybridized carbons (Fsp3) is 0.0588. The molecule has 0 saturated carbocycles. The van der Waals surface area contributed by atoms with Crippen molar-refractivity contribution in [1.82, 2.24) is 4.98 Å². The molecule has 2 aromatic carbocycles. The van der Waals surface area contributed by atoms with Crippen LogP contribution in [-0.2, 0) is 4.74 Å². The number of aromatic nitrogens is 1. The Labute approximate surface area is 131 Å². The van der Waals surface area contributed by atoms with Gasteiger partial charge in [-0.05, 0) is 36.4 Å². The zero-order chi connectivity index (χ0) is 15.7. The van der Waals surface area contributed by atoms with Crippen molar-refractivity contribution in [2.24, 2.45) is 0 Å². The SMILES string of the molecule is COC(=O)c1cc2ccc(C(=O)c3ccc(Cl)cc3)cc2[nH]1. The number of methoxy groups -OCH3 is 1. The van der Waals surface area contributed by atoms with E-state index in [1.807, 2.05) is 0 Å². The highest BCUT2D eigenvalue weighted by Gasteiger charge is 2.13. The van der Waals surface area contributed by atoms with E-state index in [1.165, 1.54) is 7.11 Å². The van der Waals surface area contributed by atoms with Gasteiger partial charge in [0.15, 0.2) is 5.78 Å². The molecule has 0 fully saturated rings. The second-order valence-electron chi connectivity index (χ2n) is 4.81. The van der Waals surface area contributed by atoms with Gasteiger partial charge in [0.25, 0.3) is 0 Å². The summed E-state index contributed by atoms with van der Waals surface area (Å²) in [5, 5.41) is 1.42. The maximum absolute atomic E-state index is 12.4. The van der Waals surface area contributed by atoms with Crippen LogP contribution in [0.3, 0.4) is 0 Å². The molecular formula is C17H12ClNO3. The van der Waals surface area contributed by atoms with Gasteiger partial charge in [0.05, 0.1) is 7.11 Å². The van der Waals surface area contributed by atoms with Crippen LogP contribution in [-0.4, -0.2) is 23.8 Å². The van der Waals surface area contributed by atoms with Crippen LogP contribution in [0.15, 0.2) is 48.5 Å². The Bertz CT molecular complexity index is 865. The normalized spacial score (nSPS) is 10.6. The number of nitrogens with one attached hydrogen (secondary N) is 1. The lowest BCUT2D eigenvalue weighted by Crippen LogP contribution is -2.01. The average Bonchev–Trinajstić information content (AvgIpc) is 2.97. The first-order valence-electron chi connectivity index (χ1n) is 6.60. The van der Waals surface area contributed by atoms with Gasteiger partial charge < -0.3 is 9.72 Å². The van der Waals surface area contributed by atoms with Gasteiger partial charge in [0, 0.05) is 27.1 Å². The molecule has 0 aliphatic carbocycles. The van der Waals surface area contributed by atoms with E-state index in [2.05, 4.69) is 9.72 Å². The highest BCUT2D eigenvalue weighted by atomic mass is 35.5. The Kier molecular flexibility index (Phi) is 3.69. The molecule has 5 heteroatoms. The molecule has 0 atom stereocenters. The molecule has 0 amide bonds. The van der Waals surface area contributed by atoms with Crippen molar-refractivity contribution in [1.29, 1.82) is 0 Å². The highest BCUT2D eigenvalue weighted by molar-refractivity contribution is 6.30. The fourth-order valence-electron chi connectivity index (χ4n) is 2.26. The monoisotopic (exact) mass is 313 g/mol. The van der Waals surface area contributed by atoms with Gasteiger partial charge in [0.1, 0.15) is 5.69 Å². The molecule has 1 N–H and O–H groups in total. The summed E-state index contributed by atoms with van der Waals surface area (Å²) in [5.74, 6) is -0.547. The minimum Gasteiger partial charge on any atom is -0.464 e. The Balaban J connectivity index is 1.99. The van der Waals surface area contributed by atoms with Crippen LogP contribution in [0.5, 0.6) is 0 Å². The van der Waals surface area contributed by atoms with Crippen molar-refractivity contribution in [3.8, 4) is 0 Å². The summed E-state index contributed by atoms with van der Waals surface area (Å²) >= 11 is 5.83. The Morgan fingerprint density at radius 3 is 2.36 bits per heavy atom. The number of aromatic amines is 1. The average molecular weight is 314 g/mol. The number of carbonyl (C=O) groups excluding carboxylic acids is 2. The van der Waals surface area contributed by atoms with E-state index in [9.17, 15) is 9.59 Å². The Morgan fingerprint density at radius 2 is 1.68 bits per heavy atom. The van der Waals surface area contributed by atoms with E-state index in [0.29, 0.717) is 27.4 Å². The summed E-state index contributed by atoms with van der Waals surface area (Å²) in [6, 6.07) is 13.7. The molecule has 22 heavy (non-hydrogen) atoms. The van der Waals surface area contributed by atoms with Crippen LogP contribution in [0, 0.1) is 0 Å². The molecule has 3 aromatic rings. The smallest absolute Gasteiger partial charge is 0.354 e. The number of hydrogen-bond acceptors (Lipinski definition) is 3. The first-order valence-corrected chi connectivity index (χ1v) is 6.97. The molecule has 3 rings (SSSR count). The van der Waals surface area contributed by atoms with E-state index in [1.54, 1.807) is 48.5 Å². The van der Waals surface area contributed by atoms with E-state index in [-0.39, 0.29) is 5.78 Å². The lowest BCUT2D eigenvalue weighted by Gasteiger charge is -2.02. The first-order chi connectivity index (χ1) is 10.6. The van der Waals surface area contributed by atoms with Gasteiger partial charge in [-0.25, -0.2) is 4.79 Å². The molecular weight excluding hydrogens is 302 g/mol. The van der Waals surface area contributed by atoms with Gasteiger partial charge in [-0.3, -0.25) is 4.79 Å². The van der Waals surface area contributed by atoms with Crippen molar-refractivity contribution in [3.05, 3.63) is 70.4 Å². The maximum Gasteiger partial charge on any atom is 0.354 e. The predicted molar refractivity (Wildman–Crippen MR) is 84.5 cm³/mol. The summed E-state index contributed by atoms with van der Waals surface area (Å²) in [6.45, 7) is 0. The molecule has 0 aliphatic heterocycles.